The number of carboxylic acid groups (broad SMARTS) is 1. The van der Waals surface area contributed by atoms with Gasteiger partial charge in [0, 0.05) is 19.0 Å². The zero-order chi connectivity index (χ0) is 12.5. The number of carbonyl (C=O) groups is 1. The molecule has 0 aromatic heterocycles. The standard InChI is InChI=1S/C13H18O3S/c1-16-8-5-9-17-12(10-13(14)15)11-6-3-2-4-7-11/h2-4,6-7,12H,5,8-10H2,1H3,(H,14,15). The van der Waals surface area contributed by atoms with Crippen molar-refractivity contribution in [2.45, 2.75) is 18.1 Å². The van der Waals surface area contributed by atoms with E-state index in [2.05, 4.69) is 0 Å². The van der Waals surface area contributed by atoms with Gasteiger partial charge >= 0.3 is 5.97 Å². The van der Waals surface area contributed by atoms with Gasteiger partial charge in [0.15, 0.2) is 0 Å². The molecule has 1 atom stereocenters. The number of carboxylic acids is 1. The molecule has 4 heteroatoms. The normalized spacial score (nSPS) is 12.3. The molecule has 1 aromatic rings. The van der Waals surface area contributed by atoms with Crippen LogP contribution in [-0.2, 0) is 9.53 Å². The van der Waals surface area contributed by atoms with E-state index in [-0.39, 0.29) is 11.7 Å². The Bertz CT molecular complexity index is 327. The van der Waals surface area contributed by atoms with Crippen molar-refractivity contribution in [3.05, 3.63) is 35.9 Å². The monoisotopic (exact) mass is 254 g/mol. The van der Waals surface area contributed by atoms with Crippen LogP contribution in [0.15, 0.2) is 30.3 Å². The topological polar surface area (TPSA) is 46.5 Å². The Morgan fingerprint density at radius 1 is 1.41 bits per heavy atom. The third-order valence-electron chi connectivity index (χ3n) is 2.34. The maximum Gasteiger partial charge on any atom is 0.304 e. The van der Waals surface area contributed by atoms with Crippen LogP contribution in [0.4, 0.5) is 0 Å². The van der Waals surface area contributed by atoms with Crippen molar-refractivity contribution in [1.82, 2.24) is 0 Å². The first-order valence-electron chi connectivity index (χ1n) is 5.61. The first kappa shape index (κ1) is 14.1. The molecule has 0 saturated heterocycles. The molecule has 0 fully saturated rings. The van der Waals surface area contributed by atoms with E-state index in [1.807, 2.05) is 30.3 Å². The summed E-state index contributed by atoms with van der Waals surface area (Å²) in [7, 11) is 1.68. The molecule has 1 rings (SSSR count). The lowest BCUT2D eigenvalue weighted by Gasteiger charge is -2.14. The van der Waals surface area contributed by atoms with E-state index in [1.54, 1.807) is 18.9 Å². The number of rotatable bonds is 8. The average Bonchev–Trinajstić information content (AvgIpc) is 2.34. The highest BCUT2D eigenvalue weighted by molar-refractivity contribution is 7.99. The largest absolute Gasteiger partial charge is 0.481 e. The number of aliphatic carboxylic acids is 1. The third kappa shape index (κ3) is 5.75. The molecular formula is C13H18O3S. The van der Waals surface area contributed by atoms with Crippen LogP contribution in [0.2, 0.25) is 0 Å². The van der Waals surface area contributed by atoms with Crippen molar-refractivity contribution >= 4 is 17.7 Å². The summed E-state index contributed by atoms with van der Waals surface area (Å²) in [6.45, 7) is 0.724. The van der Waals surface area contributed by atoms with Crippen LogP contribution < -0.4 is 0 Å². The maximum atomic E-state index is 10.8. The number of ether oxygens (including phenoxy) is 1. The van der Waals surface area contributed by atoms with Crippen LogP contribution >= 0.6 is 11.8 Å². The summed E-state index contributed by atoms with van der Waals surface area (Å²) in [5.74, 6) is 0.166. The summed E-state index contributed by atoms with van der Waals surface area (Å²) in [5.41, 5.74) is 1.08. The molecule has 0 aliphatic heterocycles. The van der Waals surface area contributed by atoms with E-state index in [0.717, 1.165) is 24.3 Å². The highest BCUT2D eigenvalue weighted by Gasteiger charge is 2.15. The third-order valence-corrected chi connectivity index (χ3v) is 3.71. The molecule has 94 valence electrons. The summed E-state index contributed by atoms with van der Waals surface area (Å²) in [6, 6.07) is 9.80. The van der Waals surface area contributed by atoms with E-state index in [4.69, 9.17) is 9.84 Å². The first-order valence-corrected chi connectivity index (χ1v) is 6.66. The number of benzene rings is 1. The second-order valence-electron chi connectivity index (χ2n) is 3.71. The minimum absolute atomic E-state index is 0.0329. The summed E-state index contributed by atoms with van der Waals surface area (Å²) >= 11 is 1.68. The van der Waals surface area contributed by atoms with Crippen LogP contribution in [0.1, 0.15) is 23.7 Å². The Balaban J connectivity index is 2.52. The molecule has 0 heterocycles. The quantitative estimate of drug-likeness (QED) is 0.724. The predicted molar refractivity (Wildman–Crippen MR) is 70.4 cm³/mol. The molecule has 0 bridgehead atoms. The molecular weight excluding hydrogens is 236 g/mol. The van der Waals surface area contributed by atoms with E-state index in [0.29, 0.717) is 0 Å². The van der Waals surface area contributed by atoms with Gasteiger partial charge in [-0.05, 0) is 17.7 Å². The molecule has 1 N–H and O–H groups in total. The molecule has 0 saturated carbocycles. The van der Waals surface area contributed by atoms with Gasteiger partial charge in [-0.2, -0.15) is 11.8 Å². The van der Waals surface area contributed by atoms with Gasteiger partial charge in [-0.25, -0.2) is 0 Å². The molecule has 0 radical (unpaired) electrons. The van der Waals surface area contributed by atoms with E-state index < -0.39 is 5.97 Å². The maximum absolute atomic E-state index is 10.8. The zero-order valence-electron chi connectivity index (χ0n) is 9.96. The number of hydrogen-bond donors (Lipinski definition) is 1. The second-order valence-corrected chi connectivity index (χ2v) is 5.02. The Labute approximate surface area is 106 Å². The van der Waals surface area contributed by atoms with E-state index in [1.165, 1.54) is 0 Å². The van der Waals surface area contributed by atoms with Crippen molar-refractivity contribution in [2.24, 2.45) is 0 Å². The van der Waals surface area contributed by atoms with Crippen LogP contribution in [-0.4, -0.2) is 30.5 Å². The average molecular weight is 254 g/mol. The fourth-order valence-electron chi connectivity index (χ4n) is 1.53. The SMILES string of the molecule is COCCCSC(CC(=O)O)c1ccccc1. The van der Waals surface area contributed by atoms with Crippen LogP contribution in [0.5, 0.6) is 0 Å². The summed E-state index contributed by atoms with van der Waals surface area (Å²) < 4.78 is 4.98. The van der Waals surface area contributed by atoms with Gasteiger partial charge in [0.2, 0.25) is 0 Å². The minimum Gasteiger partial charge on any atom is -0.481 e. The molecule has 1 aromatic carbocycles. The molecule has 0 amide bonds. The molecule has 0 spiro atoms. The molecule has 17 heavy (non-hydrogen) atoms. The van der Waals surface area contributed by atoms with Gasteiger partial charge in [-0.1, -0.05) is 30.3 Å². The Hall–Kier alpha value is -1.00. The molecule has 3 nitrogen and oxygen atoms in total. The van der Waals surface area contributed by atoms with E-state index >= 15 is 0 Å². The van der Waals surface area contributed by atoms with E-state index in [9.17, 15) is 4.79 Å². The highest BCUT2D eigenvalue weighted by Crippen LogP contribution is 2.32. The fraction of sp³-hybridized carbons (Fsp3) is 0.462. The Morgan fingerprint density at radius 2 is 2.12 bits per heavy atom. The molecule has 0 aliphatic rings. The van der Waals surface area contributed by atoms with Gasteiger partial charge in [-0.15, -0.1) is 0 Å². The number of hydrogen-bond acceptors (Lipinski definition) is 3. The van der Waals surface area contributed by atoms with Crippen molar-refractivity contribution in [2.75, 3.05) is 19.5 Å². The number of methoxy groups -OCH3 is 1. The first-order chi connectivity index (χ1) is 8.24. The van der Waals surface area contributed by atoms with Gasteiger partial charge in [0.25, 0.3) is 0 Å². The summed E-state index contributed by atoms with van der Waals surface area (Å²) in [6.07, 6.45) is 1.12. The lowest BCUT2D eigenvalue weighted by Crippen LogP contribution is -2.04. The number of thioether (sulfide) groups is 1. The molecule has 1 unspecified atom stereocenters. The fourth-order valence-corrected chi connectivity index (χ4v) is 2.71. The van der Waals surface area contributed by atoms with Crippen molar-refractivity contribution in [1.29, 1.82) is 0 Å². The summed E-state index contributed by atoms with van der Waals surface area (Å²) in [5, 5.41) is 8.94. The van der Waals surface area contributed by atoms with Gasteiger partial charge < -0.3 is 9.84 Å². The van der Waals surface area contributed by atoms with Crippen molar-refractivity contribution in [3.8, 4) is 0 Å². The molecule has 0 aliphatic carbocycles. The lowest BCUT2D eigenvalue weighted by atomic mass is 10.1. The summed E-state index contributed by atoms with van der Waals surface area (Å²) in [4.78, 5) is 10.8. The minimum atomic E-state index is -0.752. The van der Waals surface area contributed by atoms with Crippen molar-refractivity contribution < 1.29 is 14.6 Å². The van der Waals surface area contributed by atoms with Gasteiger partial charge in [-0.3, -0.25) is 4.79 Å². The van der Waals surface area contributed by atoms with Crippen LogP contribution in [0.3, 0.4) is 0 Å². The second kappa shape index (κ2) is 8.14. The van der Waals surface area contributed by atoms with Gasteiger partial charge in [0.1, 0.15) is 0 Å². The van der Waals surface area contributed by atoms with Crippen LogP contribution in [0.25, 0.3) is 0 Å². The predicted octanol–water partition coefficient (Wildman–Crippen LogP) is 2.97. The van der Waals surface area contributed by atoms with Crippen molar-refractivity contribution in [3.63, 3.8) is 0 Å². The van der Waals surface area contributed by atoms with Crippen LogP contribution in [0, 0.1) is 0 Å². The highest BCUT2D eigenvalue weighted by atomic mass is 32.2. The zero-order valence-corrected chi connectivity index (χ0v) is 10.8. The smallest absolute Gasteiger partial charge is 0.304 e. The lowest BCUT2D eigenvalue weighted by molar-refractivity contribution is -0.137. The van der Waals surface area contributed by atoms with Gasteiger partial charge in [0.05, 0.1) is 6.42 Å². The Morgan fingerprint density at radius 3 is 2.71 bits per heavy atom. The Kier molecular flexibility index (Phi) is 6.74.